The summed E-state index contributed by atoms with van der Waals surface area (Å²) in [6.45, 7) is 3.33. The Morgan fingerprint density at radius 2 is 2.42 bits per heavy atom. The molecule has 12 heavy (non-hydrogen) atoms. The van der Waals surface area contributed by atoms with Crippen LogP contribution in [0.2, 0.25) is 0 Å². The number of hydrogen-bond donors (Lipinski definition) is 1. The lowest BCUT2D eigenvalue weighted by atomic mass is 10.7. The summed E-state index contributed by atoms with van der Waals surface area (Å²) in [4.78, 5) is 2.21. The van der Waals surface area contributed by atoms with Gasteiger partial charge in [-0.25, -0.2) is 0 Å². The van der Waals surface area contributed by atoms with Crippen LogP contribution in [-0.2, 0) is 0 Å². The molecule has 1 N–H and O–H groups in total. The zero-order valence-corrected chi connectivity index (χ0v) is 9.47. The molecule has 0 aromatic carbocycles. The van der Waals surface area contributed by atoms with Crippen molar-refractivity contribution in [3.8, 4) is 0 Å². The lowest BCUT2D eigenvalue weighted by Gasteiger charge is -2.08. The molecule has 0 aromatic rings. The van der Waals surface area contributed by atoms with E-state index in [1.807, 2.05) is 23.5 Å². The predicted octanol–water partition coefficient (Wildman–Crippen LogP) is 1.76. The molecule has 1 aliphatic heterocycles. The number of nitrogens with zero attached hydrogens (tertiary/aromatic N) is 1. The molecule has 1 unspecified atom stereocenters. The summed E-state index contributed by atoms with van der Waals surface area (Å²) in [5, 5.41) is 3.84. The van der Waals surface area contributed by atoms with Crippen LogP contribution >= 0.6 is 23.5 Å². The smallest absolute Gasteiger partial charge is 0.0741 e. The van der Waals surface area contributed by atoms with Crippen molar-refractivity contribution in [1.82, 2.24) is 10.2 Å². The molecule has 2 nitrogen and oxygen atoms in total. The maximum absolute atomic E-state index is 3.27. The Bertz CT molecular complexity index is 168. The van der Waals surface area contributed by atoms with Crippen LogP contribution in [-0.4, -0.2) is 36.7 Å². The van der Waals surface area contributed by atoms with Gasteiger partial charge in [0.2, 0.25) is 0 Å². The molecule has 0 aromatic heterocycles. The molecule has 0 fully saturated rings. The van der Waals surface area contributed by atoms with E-state index in [0.29, 0.717) is 5.37 Å². The maximum Gasteiger partial charge on any atom is 0.0741 e. The van der Waals surface area contributed by atoms with E-state index < -0.39 is 0 Å². The first kappa shape index (κ1) is 10.3. The third kappa shape index (κ3) is 3.74. The summed E-state index contributed by atoms with van der Waals surface area (Å²) in [7, 11) is 4.22. The second-order valence-electron chi connectivity index (χ2n) is 3.04. The van der Waals surface area contributed by atoms with Crippen LogP contribution < -0.4 is 5.32 Å². The molecule has 0 saturated heterocycles. The van der Waals surface area contributed by atoms with Gasteiger partial charge in [-0.1, -0.05) is 11.8 Å². The normalized spacial score (nSPS) is 22.7. The Morgan fingerprint density at radius 3 is 2.92 bits per heavy atom. The van der Waals surface area contributed by atoms with Crippen molar-refractivity contribution in [1.29, 1.82) is 0 Å². The van der Waals surface area contributed by atoms with Crippen molar-refractivity contribution in [3.63, 3.8) is 0 Å². The topological polar surface area (TPSA) is 15.3 Å². The minimum atomic E-state index is 0.562. The largest absolute Gasteiger partial charge is 0.378 e. The second kappa shape index (κ2) is 5.04. The van der Waals surface area contributed by atoms with E-state index in [1.165, 1.54) is 9.99 Å². The van der Waals surface area contributed by atoms with E-state index in [1.54, 1.807) is 0 Å². The van der Waals surface area contributed by atoms with Gasteiger partial charge in [-0.3, -0.25) is 0 Å². The van der Waals surface area contributed by atoms with Crippen LogP contribution in [0, 0.1) is 0 Å². The Morgan fingerprint density at radius 1 is 1.67 bits per heavy atom. The summed E-state index contributed by atoms with van der Waals surface area (Å²) in [6, 6.07) is 0. The van der Waals surface area contributed by atoms with Crippen molar-refractivity contribution < 1.29 is 0 Å². The summed E-state index contributed by atoms with van der Waals surface area (Å²) < 4.78 is 1.42. The van der Waals surface area contributed by atoms with Gasteiger partial charge in [0.15, 0.2) is 0 Å². The first-order valence-electron chi connectivity index (χ1n) is 4.09. The molecule has 0 saturated carbocycles. The third-order valence-corrected chi connectivity index (χ3v) is 3.78. The molecule has 0 aliphatic carbocycles. The van der Waals surface area contributed by atoms with Crippen molar-refractivity contribution >= 4 is 23.5 Å². The third-order valence-electron chi connectivity index (χ3n) is 1.51. The van der Waals surface area contributed by atoms with Gasteiger partial charge < -0.3 is 10.2 Å². The summed E-state index contributed by atoms with van der Waals surface area (Å²) in [6.07, 6.45) is 2.12. The highest BCUT2D eigenvalue weighted by Crippen LogP contribution is 2.34. The predicted molar refractivity (Wildman–Crippen MR) is 59.3 cm³/mol. The van der Waals surface area contributed by atoms with Crippen LogP contribution in [0.5, 0.6) is 0 Å². The molecule has 1 rings (SSSR count). The standard InChI is InChI=1S/C8H16N2S2/c1-7-9-6-8(12-7)11-5-4-10(2)3/h6-7,9H,4-5H2,1-3H3. The molecule has 4 heteroatoms. The zero-order valence-electron chi connectivity index (χ0n) is 7.83. The summed E-state index contributed by atoms with van der Waals surface area (Å²) in [5.41, 5.74) is 0. The maximum atomic E-state index is 3.27. The van der Waals surface area contributed by atoms with E-state index >= 15 is 0 Å². The van der Waals surface area contributed by atoms with Crippen LogP contribution in [0.3, 0.4) is 0 Å². The SMILES string of the molecule is CC1NC=C(SCCN(C)C)S1. The summed E-state index contributed by atoms with van der Waals surface area (Å²) >= 11 is 3.85. The first-order valence-corrected chi connectivity index (χ1v) is 5.95. The molecule has 70 valence electrons. The fourth-order valence-corrected chi connectivity index (χ4v) is 3.22. The molecule has 0 bridgehead atoms. The van der Waals surface area contributed by atoms with E-state index in [9.17, 15) is 0 Å². The summed E-state index contributed by atoms with van der Waals surface area (Å²) in [5.74, 6) is 1.18. The molecule has 0 radical (unpaired) electrons. The van der Waals surface area contributed by atoms with E-state index in [-0.39, 0.29) is 0 Å². The fourth-order valence-electron chi connectivity index (χ4n) is 0.832. The molecule has 0 amide bonds. The van der Waals surface area contributed by atoms with Gasteiger partial charge in [0.05, 0.1) is 9.61 Å². The molecule has 0 spiro atoms. The van der Waals surface area contributed by atoms with Crippen LogP contribution in [0.25, 0.3) is 0 Å². The first-order chi connectivity index (χ1) is 5.68. The van der Waals surface area contributed by atoms with E-state index in [2.05, 4.69) is 37.4 Å². The Hall–Kier alpha value is 0.200. The van der Waals surface area contributed by atoms with Crippen LogP contribution in [0.1, 0.15) is 6.92 Å². The number of rotatable bonds is 4. The van der Waals surface area contributed by atoms with E-state index in [0.717, 1.165) is 6.54 Å². The molecule has 1 atom stereocenters. The van der Waals surface area contributed by atoms with Gasteiger partial charge in [0.1, 0.15) is 0 Å². The molecule has 1 aliphatic rings. The number of nitrogens with one attached hydrogen (secondary N) is 1. The Kier molecular flexibility index (Phi) is 4.32. The lowest BCUT2D eigenvalue weighted by molar-refractivity contribution is 0.437. The molecular formula is C8H16N2S2. The number of thioether (sulfide) groups is 2. The van der Waals surface area contributed by atoms with Gasteiger partial charge in [-0.15, -0.1) is 11.8 Å². The fraction of sp³-hybridized carbons (Fsp3) is 0.750. The minimum Gasteiger partial charge on any atom is -0.378 e. The van der Waals surface area contributed by atoms with Crippen molar-refractivity contribution in [3.05, 3.63) is 10.4 Å². The van der Waals surface area contributed by atoms with Gasteiger partial charge in [-0.2, -0.15) is 0 Å². The quantitative estimate of drug-likeness (QED) is 0.750. The zero-order chi connectivity index (χ0) is 8.97. The highest BCUT2D eigenvalue weighted by molar-refractivity contribution is 8.22. The molecular weight excluding hydrogens is 188 g/mol. The second-order valence-corrected chi connectivity index (χ2v) is 5.82. The molecule has 1 heterocycles. The van der Waals surface area contributed by atoms with Crippen molar-refractivity contribution in [2.75, 3.05) is 26.4 Å². The highest BCUT2D eigenvalue weighted by atomic mass is 32.2. The van der Waals surface area contributed by atoms with Crippen molar-refractivity contribution in [2.45, 2.75) is 12.3 Å². The van der Waals surface area contributed by atoms with E-state index in [4.69, 9.17) is 0 Å². The monoisotopic (exact) mass is 204 g/mol. The minimum absolute atomic E-state index is 0.562. The van der Waals surface area contributed by atoms with Crippen molar-refractivity contribution in [2.24, 2.45) is 0 Å². The average Bonchev–Trinajstić information content (AvgIpc) is 2.35. The Balaban J connectivity index is 2.08. The van der Waals surface area contributed by atoms with Crippen LogP contribution in [0.4, 0.5) is 0 Å². The number of hydrogen-bond acceptors (Lipinski definition) is 4. The van der Waals surface area contributed by atoms with Gasteiger partial charge >= 0.3 is 0 Å². The van der Waals surface area contributed by atoms with Gasteiger partial charge in [0.25, 0.3) is 0 Å². The van der Waals surface area contributed by atoms with Gasteiger partial charge in [0, 0.05) is 18.5 Å². The van der Waals surface area contributed by atoms with Crippen LogP contribution in [0.15, 0.2) is 10.4 Å². The highest BCUT2D eigenvalue weighted by Gasteiger charge is 2.11. The average molecular weight is 204 g/mol. The lowest BCUT2D eigenvalue weighted by Crippen LogP contribution is -2.14. The Labute approximate surface area is 83.2 Å². The van der Waals surface area contributed by atoms with Gasteiger partial charge in [-0.05, 0) is 21.0 Å².